The van der Waals surface area contributed by atoms with E-state index in [2.05, 4.69) is 52.9 Å². The minimum atomic E-state index is 0.141. The van der Waals surface area contributed by atoms with Gasteiger partial charge in [0, 0.05) is 36.6 Å². The van der Waals surface area contributed by atoms with Gasteiger partial charge in [-0.15, -0.1) is 0 Å². The fourth-order valence-electron chi connectivity index (χ4n) is 5.30. The van der Waals surface area contributed by atoms with Gasteiger partial charge in [0.05, 0.1) is 24.4 Å². The molecule has 0 bridgehead atoms. The van der Waals surface area contributed by atoms with Crippen LogP contribution in [0, 0.1) is 6.92 Å². The molecule has 2 saturated heterocycles. The number of nitrogens with two attached hydrogens (primary N) is 1. The summed E-state index contributed by atoms with van der Waals surface area (Å²) >= 11 is 0. The highest BCUT2D eigenvalue weighted by molar-refractivity contribution is 6.03. The summed E-state index contributed by atoms with van der Waals surface area (Å²) < 4.78 is 5.49. The van der Waals surface area contributed by atoms with Gasteiger partial charge in [0.25, 0.3) is 5.91 Å². The van der Waals surface area contributed by atoms with Crippen molar-refractivity contribution in [1.82, 2.24) is 9.88 Å². The first-order valence-electron chi connectivity index (χ1n) is 12.0. The molecule has 6 nitrogen and oxygen atoms in total. The smallest absolute Gasteiger partial charge is 0.254 e. The van der Waals surface area contributed by atoms with Gasteiger partial charge in [0.1, 0.15) is 5.82 Å². The van der Waals surface area contributed by atoms with Crippen molar-refractivity contribution in [3.63, 3.8) is 0 Å². The molecule has 3 aromatic rings. The van der Waals surface area contributed by atoms with Crippen LogP contribution in [-0.4, -0.2) is 54.7 Å². The van der Waals surface area contributed by atoms with Gasteiger partial charge in [-0.3, -0.25) is 4.79 Å². The van der Waals surface area contributed by atoms with E-state index in [-0.39, 0.29) is 5.91 Å². The second kappa shape index (κ2) is 9.02. The number of anilines is 2. The number of aryl methyl sites for hydroxylation is 1. The molecule has 0 spiro atoms. The van der Waals surface area contributed by atoms with E-state index in [4.69, 9.17) is 10.5 Å². The maximum absolute atomic E-state index is 13.6. The van der Waals surface area contributed by atoms with Crippen LogP contribution in [0.5, 0.6) is 0 Å². The van der Waals surface area contributed by atoms with Crippen molar-refractivity contribution in [2.24, 2.45) is 0 Å². The van der Waals surface area contributed by atoms with E-state index >= 15 is 0 Å². The predicted octanol–water partition coefficient (Wildman–Crippen LogP) is 4.64. The van der Waals surface area contributed by atoms with Gasteiger partial charge in [-0.1, -0.05) is 25.1 Å². The van der Waals surface area contributed by atoms with Crippen molar-refractivity contribution in [2.45, 2.75) is 39.2 Å². The number of amides is 1. The van der Waals surface area contributed by atoms with E-state index in [9.17, 15) is 4.79 Å². The molecule has 5 rings (SSSR count). The van der Waals surface area contributed by atoms with Crippen molar-refractivity contribution >= 4 is 28.3 Å². The monoisotopic (exact) mass is 444 g/mol. The van der Waals surface area contributed by atoms with Crippen LogP contribution in [0.4, 0.5) is 11.5 Å². The predicted molar refractivity (Wildman–Crippen MR) is 134 cm³/mol. The lowest BCUT2D eigenvalue weighted by Gasteiger charge is -2.29. The lowest BCUT2D eigenvalue weighted by molar-refractivity contribution is 0.0734. The Balaban J connectivity index is 1.57. The molecule has 1 aromatic heterocycles. The molecule has 3 heterocycles. The largest absolute Gasteiger partial charge is 0.382 e. The van der Waals surface area contributed by atoms with E-state index < -0.39 is 0 Å². The second-order valence-corrected chi connectivity index (χ2v) is 9.10. The lowest BCUT2D eigenvalue weighted by atomic mass is 9.93. The Bertz CT molecular complexity index is 1190. The summed E-state index contributed by atoms with van der Waals surface area (Å²) in [4.78, 5) is 22.6. The van der Waals surface area contributed by atoms with Crippen molar-refractivity contribution in [2.75, 3.05) is 43.5 Å². The SMILES string of the molecule is CCC1CCCN1C(=O)c1cccc(C)c1-c1ccc2nc(N)c(N3CCOCC3)cc2c1. The van der Waals surface area contributed by atoms with Gasteiger partial charge in [-0.2, -0.15) is 0 Å². The third-order valence-corrected chi connectivity index (χ3v) is 7.08. The molecule has 1 amide bonds. The van der Waals surface area contributed by atoms with E-state index in [1.165, 1.54) is 0 Å². The molecular weight excluding hydrogens is 412 g/mol. The standard InChI is InChI=1S/C27H32N4O2/c1-3-21-7-5-11-31(21)27(32)22-8-4-6-18(2)25(22)19-9-10-23-20(16-19)17-24(26(28)29-23)30-12-14-33-15-13-30/h4,6,8-10,16-17,21H,3,5,7,11-15H2,1-2H3,(H2,28,29). The molecule has 6 heteroatoms. The van der Waals surface area contributed by atoms with Crippen molar-refractivity contribution in [3.05, 3.63) is 53.6 Å². The van der Waals surface area contributed by atoms with Gasteiger partial charge in [0.2, 0.25) is 0 Å². The number of nitrogen functional groups attached to an aromatic ring is 1. The summed E-state index contributed by atoms with van der Waals surface area (Å²) in [6.07, 6.45) is 3.18. The van der Waals surface area contributed by atoms with E-state index in [1.54, 1.807) is 0 Å². The van der Waals surface area contributed by atoms with Crippen molar-refractivity contribution in [1.29, 1.82) is 0 Å². The summed E-state index contributed by atoms with van der Waals surface area (Å²) in [5.74, 6) is 0.686. The Morgan fingerprint density at radius 2 is 1.97 bits per heavy atom. The molecule has 2 aliphatic heterocycles. The van der Waals surface area contributed by atoms with Crippen LogP contribution in [0.2, 0.25) is 0 Å². The van der Waals surface area contributed by atoms with Gasteiger partial charge < -0.3 is 20.3 Å². The number of hydrogen-bond acceptors (Lipinski definition) is 5. The molecule has 2 fully saturated rings. The molecule has 0 radical (unpaired) electrons. The average molecular weight is 445 g/mol. The number of fused-ring (bicyclic) bond motifs is 1. The third-order valence-electron chi connectivity index (χ3n) is 7.08. The Labute approximate surface area is 195 Å². The van der Waals surface area contributed by atoms with Gasteiger partial charge in [-0.05, 0) is 67.1 Å². The number of ether oxygens (including phenoxy) is 1. The quantitative estimate of drug-likeness (QED) is 0.635. The first-order chi connectivity index (χ1) is 16.1. The fraction of sp³-hybridized carbons (Fsp3) is 0.407. The number of carbonyl (C=O) groups excluding carboxylic acids is 1. The zero-order chi connectivity index (χ0) is 22.9. The topological polar surface area (TPSA) is 71.7 Å². The zero-order valence-electron chi connectivity index (χ0n) is 19.5. The summed E-state index contributed by atoms with van der Waals surface area (Å²) in [7, 11) is 0. The highest BCUT2D eigenvalue weighted by Gasteiger charge is 2.29. The molecule has 33 heavy (non-hydrogen) atoms. The first kappa shape index (κ1) is 21.7. The minimum absolute atomic E-state index is 0.141. The van der Waals surface area contributed by atoms with Gasteiger partial charge in [0.15, 0.2) is 0 Å². The highest BCUT2D eigenvalue weighted by atomic mass is 16.5. The molecular formula is C27H32N4O2. The molecule has 2 aromatic carbocycles. The molecule has 1 unspecified atom stereocenters. The zero-order valence-corrected chi connectivity index (χ0v) is 19.5. The molecule has 2 aliphatic rings. The van der Waals surface area contributed by atoms with Crippen molar-refractivity contribution < 1.29 is 9.53 Å². The fourth-order valence-corrected chi connectivity index (χ4v) is 5.30. The lowest BCUT2D eigenvalue weighted by Crippen LogP contribution is -2.36. The number of rotatable bonds is 4. The van der Waals surface area contributed by atoms with E-state index in [0.717, 1.165) is 77.7 Å². The second-order valence-electron chi connectivity index (χ2n) is 9.10. The molecule has 1 atom stereocenters. The third kappa shape index (κ3) is 4.04. The summed E-state index contributed by atoms with van der Waals surface area (Å²) in [5, 5.41) is 1.03. The van der Waals surface area contributed by atoms with E-state index in [0.29, 0.717) is 25.1 Å². The van der Waals surface area contributed by atoms with Gasteiger partial charge in [-0.25, -0.2) is 4.98 Å². The van der Waals surface area contributed by atoms with Crippen LogP contribution < -0.4 is 10.6 Å². The Morgan fingerprint density at radius 1 is 1.15 bits per heavy atom. The Morgan fingerprint density at radius 3 is 2.76 bits per heavy atom. The first-order valence-corrected chi connectivity index (χ1v) is 12.0. The van der Waals surface area contributed by atoms with Crippen LogP contribution in [0.1, 0.15) is 42.1 Å². The van der Waals surface area contributed by atoms with E-state index in [1.807, 2.05) is 18.2 Å². The molecule has 172 valence electrons. The number of likely N-dealkylation sites (tertiary alicyclic amines) is 1. The number of pyridine rings is 1. The summed E-state index contributed by atoms with van der Waals surface area (Å²) in [6, 6.07) is 14.7. The number of nitrogens with zero attached hydrogens (tertiary/aromatic N) is 3. The molecule has 2 N–H and O–H groups in total. The normalized spacial score (nSPS) is 18.8. The van der Waals surface area contributed by atoms with Gasteiger partial charge >= 0.3 is 0 Å². The average Bonchev–Trinajstić information content (AvgIpc) is 3.32. The Hall–Kier alpha value is -3.12. The van der Waals surface area contributed by atoms with Crippen LogP contribution in [-0.2, 0) is 4.74 Å². The Kier molecular flexibility index (Phi) is 5.94. The maximum Gasteiger partial charge on any atom is 0.254 e. The number of carbonyl (C=O) groups is 1. The molecule has 0 aliphatic carbocycles. The molecule has 0 saturated carbocycles. The maximum atomic E-state index is 13.6. The van der Waals surface area contributed by atoms with Crippen LogP contribution in [0.15, 0.2) is 42.5 Å². The number of benzene rings is 2. The number of hydrogen-bond donors (Lipinski definition) is 1. The summed E-state index contributed by atoms with van der Waals surface area (Å²) in [6.45, 7) is 8.10. The van der Waals surface area contributed by atoms with Crippen LogP contribution >= 0.6 is 0 Å². The van der Waals surface area contributed by atoms with Crippen LogP contribution in [0.25, 0.3) is 22.0 Å². The summed E-state index contributed by atoms with van der Waals surface area (Å²) in [5.41, 5.74) is 12.1. The number of morpholine rings is 1. The van der Waals surface area contributed by atoms with Crippen LogP contribution in [0.3, 0.4) is 0 Å². The number of aromatic nitrogens is 1. The minimum Gasteiger partial charge on any atom is -0.382 e. The van der Waals surface area contributed by atoms with Crippen molar-refractivity contribution in [3.8, 4) is 11.1 Å². The highest BCUT2D eigenvalue weighted by Crippen LogP contribution is 2.34.